The van der Waals surface area contributed by atoms with E-state index in [-0.39, 0.29) is 5.91 Å². The van der Waals surface area contributed by atoms with Crippen LogP contribution >= 0.6 is 0 Å². The highest BCUT2D eigenvalue weighted by Crippen LogP contribution is 2.40. The van der Waals surface area contributed by atoms with Crippen LogP contribution in [0.5, 0.6) is 17.2 Å². The number of nitrogens with zero attached hydrogens (tertiary/aromatic N) is 2. The van der Waals surface area contributed by atoms with E-state index in [0.29, 0.717) is 52.1 Å². The van der Waals surface area contributed by atoms with E-state index in [9.17, 15) is 4.79 Å². The van der Waals surface area contributed by atoms with Gasteiger partial charge in [-0.05, 0) is 18.1 Å². The molecule has 8 heteroatoms. The standard InChI is InChI=1S/C20H24N4O4/c1-11(2)8-23-20(25)13-9-21-19-17(13)24-14(10-22-19)12-6-15(26-3)18(28-5)16(7-12)27-4/h6-7,9-11H,8H2,1-5H3,(H,21,22)(H,23,25). The number of benzene rings is 1. The summed E-state index contributed by atoms with van der Waals surface area (Å²) in [5.41, 5.74) is 2.83. The molecule has 0 unspecified atom stereocenters. The van der Waals surface area contributed by atoms with Crippen molar-refractivity contribution < 1.29 is 19.0 Å². The zero-order chi connectivity index (χ0) is 20.3. The maximum absolute atomic E-state index is 12.5. The minimum atomic E-state index is -0.184. The van der Waals surface area contributed by atoms with E-state index < -0.39 is 0 Å². The number of aromatic nitrogens is 3. The molecule has 0 aliphatic carbocycles. The first-order valence-electron chi connectivity index (χ1n) is 8.91. The second-order valence-corrected chi connectivity index (χ2v) is 6.67. The van der Waals surface area contributed by atoms with E-state index in [1.807, 2.05) is 13.8 Å². The molecule has 8 nitrogen and oxygen atoms in total. The molecule has 0 aliphatic rings. The summed E-state index contributed by atoms with van der Waals surface area (Å²) in [6.07, 6.45) is 3.26. The maximum atomic E-state index is 12.5. The summed E-state index contributed by atoms with van der Waals surface area (Å²) in [5.74, 6) is 1.70. The Morgan fingerprint density at radius 1 is 1.14 bits per heavy atom. The smallest absolute Gasteiger partial charge is 0.255 e. The molecule has 0 bridgehead atoms. The second-order valence-electron chi connectivity index (χ2n) is 6.67. The first-order valence-corrected chi connectivity index (χ1v) is 8.91. The molecule has 0 spiro atoms. The van der Waals surface area contributed by atoms with Crippen LogP contribution in [0, 0.1) is 5.92 Å². The van der Waals surface area contributed by atoms with Gasteiger partial charge in [-0.3, -0.25) is 4.79 Å². The average molecular weight is 384 g/mol. The van der Waals surface area contributed by atoms with E-state index >= 15 is 0 Å². The van der Waals surface area contributed by atoms with Crippen LogP contribution in [0.3, 0.4) is 0 Å². The van der Waals surface area contributed by atoms with E-state index in [2.05, 4.69) is 20.3 Å². The third kappa shape index (κ3) is 3.71. The predicted molar refractivity (Wildman–Crippen MR) is 106 cm³/mol. The number of hydrogen-bond donors (Lipinski definition) is 2. The molecule has 0 saturated carbocycles. The fourth-order valence-corrected chi connectivity index (χ4v) is 2.82. The molecule has 0 atom stereocenters. The summed E-state index contributed by atoms with van der Waals surface area (Å²) in [7, 11) is 4.66. The number of H-pyrrole nitrogens is 1. The Balaban J connectivity index is 2.05. The number of fused-ring (bicyclic) bond motifs is 1. The van der Waals surface area contributed by atoms with E-state index in [0.717, 1.165) is 5.56 Å². The molecule has 3 rings (SSSR count). The summed E-state index contributed by atoms with van der Waals surface area (Å²) in [5, 5.41) is 2.90. The summed E-state index contributed by atoms with van der Waals surface area (Å²) in [6, 6.07) is 3.59. The highest BCUT2D eigenvalue weighted by molar-refractivity contribution is 6.04. The van der Waals surface area contributed by atoms with Crippen molar-refractivity contribution in [2.75, 3.05) is 27.9 Å². The molecule has 0 fully saturated rings. The number of hydrogen-bond acceptors (Lipinski definition) is 6. The van der Waals surface area contributed by atoms with Crippen LogP contribution in [0.4, 0.5) is 0 Å². The predicted octanol–water partition coefficient (Wildman–Crippen LogP) is 3.04. The van der Waals surface area contributed by atoms with Crippen LogP contribution in [0.15, 0.2) is 24.5 Å². The molecule has 0 saturated heterocycles. The molecule has 3 aromatic rings. The van der Waals surface area contributed by atoms with Gasteiger partial charge >= 0.3 is 0 Å². The monoisotopic (exact) mass is 384 g/mol. The van der Waals surface area contributed by atoms with Gasteiger partial charge in [0.1, 0.15) is 5.52 Å². The van der Waals surface area contributed by atoms with Crippen LogP contribution < -0.4 is 19.5 Å². The van der Waals surface area contributed by atoms with Crippen molar-refractivity contribution >= 4 is 17.1 Å². The van der Waals surface area contributed by atoms with Crippen LogP contribution in [0.1, 0.15) is 24.2 Å². The van der Waals surface area contributed by atoms with Crippen molar-refractivity contribution in [3.8, 4) is 28.5 Å². The van der Waals surface area contributed by atoms with Crippen molar-refractivity contribution in [1.29, 1.82) is 0 Å². The Bertz CT molecular complexity index is 972. The van der Waals surface area contributed by atoms with Gasteiger partial charge in [-0.1, -0.05) is 13.8 Å². The first-order chi connectivity index (χ1) is 13.5. The number of amides is 1. The summed E-state index contributed by atoms with van der Waals surface area (Å²) >= 11 is 0. The highest BCUT2D eigenvalue weighted by atomic mass is 16.5. The second kappa shape index (κ2) is 8.16. The lowest BCUT2D eigenvalue weighted by Gasteiger charge is -2.14. The van der Waals surface area contributed by atoms with Gasteiger partial charge in [-0.15, -0.1) is 0 Å². The Labute approximate surface area is 163 Å². The molecule has 1 aromatic carbocycles. The van der Waals surface area contributed by atoms with Crippen LogP contribution in [0.25, 0.3) is 22.4 Å². The molecule has 2 heterocycles. The molecule has 28 heavy (non-hydrogen) atoms. The lowest BCUT2D eigenvalue weighted by atomic mass is 10.1. The number of ether oxygens (including phenoxy) is 3. The molecule has 148 valence electrons. The summed E-state index contributed by atoms with van der Waals surface area (Å²) in [6.45, 7) is 4.67. The molecule has 2 N–H and O–H groups in total. The van der Waals surface area contributed by atoms with Gasteiger partial charge in [-0.2, -0.15) is 0 Å². The highest BCUT2D eigenvalue weighted by Gasteiger charge is 2.18. The Morgan fingerprint density at radius 2 is 1.82 bits per heavy atom. The zero-order valence-electron chi connectivity index (χ0n) is 16.6. The lowest BCUT2D eigenvalue weighted by molar-refractivity contribution is 0.0950. The van der Waals surface area contributed by atoms with Crippen molar-refractivity contribution in [1.82, 2.24) is 20.3 Å². The quantitative estimate of drug-likeness (QED) is 0.650. The Hall–Kier alpha value is -3.29. The van der Waals surface area contributed by atoms with Crippen LogP contribution in [-0.2, 0) is 0 Å². The topological polar surface area (TPSA) is 98.4 Å². The van der Waals surface area contributed by atoms with Gasteiger partial charge in [0, 0.05) is 18.3 Å². The number of carbonyl (C=O) groups excluding carboxylic acids is 1. The summed E-state index contributed by atoms with van der Waals surface area (Å²) in [4.78, 5) is 24.5. The van der Waals surface area contributed by atoms with Crippen LogP contribution in [0.2, 0.25) is 0 Å². The first kappa shape index (κ1) is 19.5. The van der Waals surface area contributed by atoms with Gasteiger partial charge in [0.05, 0.1) is 38.8 Å². The fraction of sp³-hybridized carbons (Fsp3) is 0.350. The fourth-order valence-electron chi connectivity index (χ4n) is 2.82. The molecule has 0 aliphatic heterocycles. The number of nitrogens with one attached hydrogen (secondary N) is 2. The molecule has 2 aromatic heterocycles. The van der Waals surface area contributed by atoms with Gasteiger partial charge < -0.3 is 24.5 Å². The van der Waals surface area contributed by atoms with Gasteiger partial charge in [0.15, 0.2) is 17.1 Å². The Kier molecular flexibility index (Phi) is 5.67. The summed E-state index contributed by atoms with van der Waals surface area (Å²) < 4.78 is 16.2. The minimum absolute atomic E-state index is 0.184. The molecular weight excluding hydrogens is 360 g/mol. The van der Waals surface area contributed by atoms with Crippen molar-refractivity contribution in [2.24, 2.45) is 5.92 Å². The van der Waals surface area contributed by atoms with Crippen molar-refractivity contribution in [3.63, 3.8) is 0 Å². The van der Waals surface area contributed by atoms with E-state index in [1.165, 1.54) is 0 Å². The third-order valence-corrected chi connectivity index (χ3v) is 4.26. The Morgan fingerprint density at radius 3 is 2.39 bits per heavy atom. The van der Waals surface area contributed by atoms with Gasteiger partial charge in [0.2, 0.25) is 5.75 Å². The molecular formula is C20H24N4O4. The molecule has 0 radical (unpaired) electrons. The minimum Gasteiger partial charge on any atom is -0.493 e. The average Bonchev–Trinajstić information content (AvgIpc) is 3.14. The lowest BCUT2D eigenvalue weighted by Crippen LogP contribution is -2.27. The molecule has 1 amide bonds. The number of methoxy groups -OCH3 is 3. The number of rotatable bonds is 7. The van der Waals surface area contributed by atoms with Crippen molar-refractivity contribution in [2.45, 2.75) is 13.8 Å². The maximum Gasteiger partial charge on any atom is 0.255 e. The normalized spacial score (nSPS) is 10.9. The zero-order valence-corrected chi connectivity index (χ0v) is 16.6. The third-order valence-electron chi connectivity index (χ3n) is 4.26. The van der Waals surface area contributed by atoms with Crippen molar-refractivity contribution in [3.05, 3.63) is 30.1 Å². The van der Waals surface area contributed by atoms with E-state index in [4.69, 9.17) is 14.2 Å². The van der Waals surface area contributed by atoms with E-state index in [1.54, 1.807) is 45.9 Å². The SMILES string of the molecule is COc1cc(-c2cnc3[nH]cc(C(=O)NCC(C)C)c3n2)cc(OC)c1OC. The van der Waals surface area contributed by atoms with Gasteiger partial charge in [-0.25, -0.2) is 9.97 Å². The largest absolute Gasteiger partial charge is 0.493 e. The van der Waals surface area contributed by atoms with Gasteiger partial charge in [0.25, 0.3) is 5.91 Å². The number of aromatic amines is 1. The van der Waals surface area contributed by atoms with Crippen LogP contribution in [-0.4, -0.2) is 48.7 Å². The number of carbonyl (C=O) groups is 1.